The van der Waals surface area contributed by atoms with Crippen molar-refractivity contribution in [2.45, 2.75) is 68.9 Å². The maximum Gasteiger partial charge on any atom is 0.387 e. The van der Waals surface area contributed by atoms with Crippen molar-refractivity contribution in [3.8, 4) is 5.75 Å². The Labute approximate surface area is 312 Å². The largest absolute Gasteiger partial charge is 0.432 e. The van der Waals surface area contributed by atoms with E-state index in [1.54, 1.807) is 16.8 Å². The summed E-state index contributed by atoms with van der Waals surface area (Å²) in [7, 11) is -1.77. The maximum absolute atomic E-state index is 13.4. The zero-order valence-electron chi connectivity index (χ0n) is 30.3. The van der Waals surface area contributed by atoms with Gasteiger partial charge in [0, 0.05) is 51.1 Å². The van der Waals surface area contributed by atoms with Gasteiger partial charge in [-0.1, -0.05) is 25.1 Å². The molecule has 0 radical (unpaired) electrons. The van der Waals surface area contributed by atoms with E-state index in [4.69, 9.17) is 0 Å². The summed E-state index contributed by atoms with van der Waals surface area (Å²) in [5.41, 5.74) is 3.32. The average Bonchev–Trinajstić information content (AvgIpc) is 3.48. The van der Waals surface area contributed by atoms with E-state index in [1.165, 1.54) is 27.2 Å². The van der Waals surface area contributed by atoms with Gasteiger partial charge < -0.3 is 15.0 Å². The summed E-state index contributed by atoms with van der Waals surface area (Å²) >= 11 is 0. The predicted molar refractivity (Wildman–Crippen MR) is 198 cm³/mol. The smallest absolute Gasteiger partial charge is 0.387 e. The van der Waals surface area contributed by atoms with Crippen molar-refractivity contribution >= 4 is 44.6 Å². The van der Waals surface area contributed by atoms with Crippen LogP contribution in [0.2, 0.25) is 0 Å². The second-order valence-corrected chi connectivity index (χ2v) is 16.4. The van der Waals surface area contributed by atoms with Gasteiger partial charge in [0.05, 0.1) is 22.8 Å². The number of nitrogens with zero attached hydrogens (tertiary/aromatic N) is 7. The van der Waals surface area contributed by atoms with E-state index in [2.05, 4.69) is 54.4 Å². The third-order valence-electron chi connectivity index (χ3n) is 10.6. The van der Waals surface area contributed by atoms with Crippen molar-refractivity contribution in [3.63, 3.8) is 0 Å². The summed E-state index contributed by atoms with van der Waals surface area (Å²) < 4.78 is 59.2. The predicted octanol–water partition coefficient (Wildman–Crippen LogP) is 4.73. The Balaban J connectivity index is 0.866. The lowest BCUT2D eigenvalue weighted by molar-refractivity contribution is -0.120. The van der Waals surface area contributed by atoms with Crippen molar-refractivity contribution in [1.29, 1.82) is 0 Å². The summed E-state index contributed by atoms with van der Waals surface area (Å²) in [6, 6.07) is 13.1. The van der Waals surface area contributed by atoms with Crippen LogP contribution in [-0.2, 0) is 28.3 Å². The first-order chi connectivity index (χ1) is 25.9. The van der Waals surface area contributed by atoms with Gasteiger partial charge in [-0.2, -0.15) is 18.2 Å². The Morgan fingerprint density at radius 2 is 1.67 bits per heavy atom. The number of nitrogens with one attached hydrogen (secondary N) is 2. The van der Waals surface area contributed by atoms with Crippen LogP contribution in [0.3, 0.4) is 0 Å². The summed E-state index contributed by atoms with van der Waals surface area (Å²) in [4.78, 5) is 36.4. The Hall–Kier alpha value is -4.74. The molecule has 2 aromatic heterocycles. The molecule has 7 rings (SSSR count). The number of amides is 3. The Morgan fingerprint density at radius 3 is 2.33 bits per heavy atom. The molecule has 17 heteroatoms. The highest BCUT2D eigenvalue weighted by Crippen LogP contribution is 2.34. The molecule has 14 nitrogen and oxygen atoms in total. The summed E-state index contributed by atoms with van der Waals surface area (Å²) in [5, 5.41) is 11.0. The van der Waals surface area contributed by atoms with E-state index in [0.717, 1.165) is 55.4 Å². The fourth-order valence-electron chi connectivity index (χ4n) is 7.76. The van der Waals surface area contributed by atoms with E-state index in [1.807, 2.05) is 25.2 Å². The number of carbonyl (C=O) groups is 2. The highest BCUT2D eigenvalue weighted by Gasteiger charge is 2.31. The SMILES string of the molecule is CC(Cc1ccc(S(=O)(=O)N2CCC(Nc3ncc(OC(F)F)cn3)CC2)cc1)CN1CCC(c2ccc3c(N4CCC(=O)NC4=O)nn(C)c3c2)CC1. The highest BCUT2D eigenvalue weighted by atomic mass is 32.2. The quantitative estimate of drug-likeness (QED) is 0.207. The number of carbonyl (C=O) groups excluding carboxylic acids is 2. The number of hydrogen-bond donors (Lipinski definition) is 2. The molecule has 54 heavy (non-hydrogen) atoms. The summed E-state index contributed by atoms with van der Waals surface area (Å²) in [6.07, 6.45) is 6.62. The van der Waals surface area contributed by atoms with E-state index in [9.17, 15) is 26.8 Å². The van der Waals surface area contributed by atoms with Crippen molar-refractivity contribution in [2.24, 2.45) is 13.0 Å². The lowest BCUT2D eigenvalue weighted by atomic mass is 9.88. The first kappa shape index (κ1) is 37.6. The number of halogens is 2. The topological polar surface area (TPSA) is 155 Å². The van der Waals surface area contributed by atoms with Crippen LogP contribution in [0.5, 0.6) is 5.75 Å². The number of rotatable bonds is 12. The minimum atomic E-state index is -3.65. The van der Waals surface area contributed by atoms with Crippen LogP contribution >= 0.6 is 0 Å². The molecule has 0 spiro atoms. The molecule has 2 N–H and O–H groups in total. The Bertz CT molecular complexity index is 2070. The molecule has 3 amide bonds. The molecule has 0 bridgehead atoms. The van der Waals surface area contributed by atoms with Crippen molar-refractivity contribution in [2.75, 3.05) is 49.5 Å². The molecule has 1 atom stereocenters. The zero-order valence-corrected chi connectivity index (χ0v) is 31.1. The Kier molecular flexibility index (Phi) is 11.1. The van der Waals surface area contributed by atoms with Gasteiger partial charge in [-0.05, 0) is 92.4 Å². The van der Waals surface area contributed by atoms with Gasteiger partial charge >= 0.3 is 12.6 Å². The van der Waals surface area contributed by atoms with E-state index < -0.39 is 22.7 Å². The highest BCUT2D eigenvalue weighted by molar-refractivity contribution is 7.89. The number of aryl methyl sites for hydroxylation is 1. The van der Waals surface area contributed by atoms with Gasteiger partial charge in [0.2, 0.25) is 21.9 Å². The van der Waals surface area contributed by atoms with Crippen molar-refractivity contribution in [3.05, 3.63) is 66.0 Å². The van der Waals surface area contributed by atoms with Crippen molar-refractivity contribution in [1.82, 2.24) is 34.3 Å². The molecule has 0 aliphatic carbocycles. The minimum Gasteiger partial charge on any atom is -0.432 e. The first-order valence-electron chi connectivity index (χ1n) is 18.4. The normalized spacial score (nSPS) is 19.0. The number of likely N-dealkylation sites (tertiary alicyclic amines) is 1. The average molecular weight is 766 g/mol. The van der Waals surface area contributed by atoms with Gasteiger partial charge in [0.1, 0.15) is 0 Å². The molecular formula is C37H45F2N9O5S. The molecule has 3 aliphatic rings. The van der Waals surface area contributed by atoms with Gasteiger partial charge in [0.15, 0.2) is 11.6 Å². The molecular weight excluding hydrogens is 721 g/mol. The molecule has 1 unspecified atom stereocenters. The lowest BCUT2D eigenvalue weighted by Gasteiger charge is -2.34. The number of alkyl halides is 2. The number of piperidine rings is 2. The molecule has 3 saturated heterocycles. The molecule has 3 fully saturated rings. The minimum absolute atomic E-state index is 0.0513. The van der Waals surface area contributed by atoms with Crippen LogP contribution in [0.15, 0.2) is 59.8 Å². The number of fused-ring (bicyclic) bond motifs is 1. The fraction of sp³-hybridized carbons (Fsp3) is 0.486. The van der Waals surface area contributed by atoms with Crippen LogP contribution in [0, 0.1) is 5.92 Å². The van der Waals surface area contributed by atoms with Crippen LogP contribution in [0.1, 0.15) is 56.1 Å². The fourth-order valence-corrected chi connectivity index (χ4v) is 9.23. The van der Waals surface area contributed by atoms with E-state index in [0.29, 0.717) is 50.1 Å². The molecule has 0 saturated carbocycles. The third kappa shape index (κ3) is 8.47. The van der Waals surface area contributed by atoms with Gasteiger partial charge in [-0.3, -0.25) is 19.7 Å². The summed E-state index contributed by atoms with van der Waals surface area (Å²) in [5.74, 6) is 1.26. The maximum atomic E-state index is 13.4. The summed E-state index contributed by atoms with van der Waals surface area (Å²) in [6.45, 7) is 3.21. The standard InChI is InChI=1S/C37H45F2N9O5S/c1-24(23-46-14-9-26(10-15-46)27-5-8-31-32(20-27)45(2)44-34(31)48-18-13-33(49)43-37(48)50)19-25-3-6-30(7-4-25)54(51,52)47-16-11-28(12-17-47)42-36-40-21-29(22-41-36)53-35(38)39/h3-8,20-22,24,26,28,35H,9-19,23H2,1-2H3,(H,40,41,42)(H,43,49,50). The van der Waals surface area contributed by atoms with Crippen molar-refractivity contribution < 1.29 is 31.5 Å². The van der Waals surface area contributed by atoms with Gasteiger partial charge in [-0.25, -0.2) is 23.2 Å². The second-order valence-electron chi connectivity index (χ2n) is 14.5. The second kappa shape index (κ2) is 15.9. The monoisotopic (exact) mass is 765 g/mol. The Morgan fingerprint density at radius 1 is 0.963 bits per heavy atom. The molecule has 4 aromatic rings. The van der Waals surface area contributed by atoms with E-state index in [-0.39, 0.29) is 35.0 Å². The van der Waals surface area contributed by atoms with Gasteiger partial charge in [-0.15, -0.1) is 0 Å². The number of imide groups is 1. The van der Waals surface area contributed by atoms with Crippen LogP contribution in [0.25, 0.3) is 10.9 Å². The number of benzene rings is 2. The molecule has 3 aliphatic heterocycles. The van der Waals surface area contributed by atoms with Crippen LogP contribution in [0.4, 0.5) is 25.3 Å². The number of urea groups is 1. The lowest BCUT2D eigenvalue weighted by Crippen LogP contribution is -2.49. The number of aromatic nitrogens is 4. The van der Waals surface area contributed by atoms with Crippen LogP contribution < -0.4 is 20.3 Å². The third-order valence-corrected chi connectivity index (χ3v) is 12.5. The molecule has 2 aromatic carbocycles. The molecule has 288 valence electrons. The number of ether oxygens (including phenoxy) is 1. The number of anilines is 2. The van der Waals surface area contributed by atoms with Gasteiger partial charge in [0.25, 0.3) is 0 Å². The number of sulfonamides is 1. The van der Waals surface area contributed by atoms with Crippen LogP contribution in [-0.4, -0.2) is 101 Å². The zero-order chi connectivity index (χ0) is 38.0. The van der Waals surface area contributed by atoms with E-state index >= 15 is 0 Å². The molecule has 5 heterocycles. The first-order valence-corrected chi connectivity index (χ1v) is 19.8. The number of hydrogen-bond acceptors (Lipinski definition) is 10.